The smallest absolute Gasteiger partial charge is 0.255 e. The molecule has 0 saturated heterocycles. The van der Waals surface area contributed by atoms with E-state index in [1.54, 1.807) is 84.9 Å². The molecule has 0 saturated carbocycles. The van der Waals surface area contributed by atoms with Crippen molar-refractivity contribution in [3.8, 4) is 34.5 Å². The zero-order valence-electron chi connectivity index (χ0n) is 66.9. The Morgan fingerprint density at radius 3 is 0.561 bits per heavy atom. The maximum atomic E-state index is 11.7. The highest BCUT2D eigenvalue weighted by Crippen LogP contribution is 2.57. The van der Waals surface area contributed by atoms with Crippen LogP contribution in [0.2, 0.25) is 0 Å². The van der Waals surface area contributed by atoms with E-state index >= 15 is 0 Å². The maximum absolute atomic E-state index is 11.7. The Morgan fingerprint density at radius 1 is 0.203 bits per heavy atom. The Balaban J connectivity index is 0.000000145. The first-order valence-corrected chi connectivity index (χ1v) is 44.5. The van der Waals surface area contributed by atoms with Crippen LogP contribution in [0.4, 0.5) is 5.69 Å². The Labute approximate surface area is 718 Å². The minimum absolute atomic E-state index is 0.0440. The highest BCUT2D eigenvalue weighted by Gasteiger charge is 2.50. The fourth-order valence-electron chi connectivity index (χ4n) is 13.9. The molecule has 17 rings (SSSR count). The van der Waals surface area contributed by atoms with E-state index in [0.717, 1.165) is 0 Å². The van der Waals surface area contributed by atoms with Crippen molar-refractivity contribution < 1.29 is 49.8 Å². The summed E-state index contributed by atoms with van der Waals surface area (Å²) in [5, 5.41) is 80.1. The van der Waals surface area contributed by atoms with Gasteiger partial charge in [-0.25, -0.2) is 0 Å². The van der Waals surface area contributed by atoms with Gasteiger partial charge in [-0.2, -0.15) is 0 Å². The second-order valence-corrected chi connectivity index (χ2v) is 37.5. The molecule has 0 aliphatic heterocycles. The van der Waals surface area contributed by atoms with Crippen LogP contribution in [-0.2, 0) is 0 Å². The van der Waals surface area contributed by atoms with E-state index < -0.39 is 39.5 Å². The summed E-state index contributed by atoms with van der Waals surface area (Å²) >= 11 is 0. The molecule has 0 aromatic heterocycles. The number of aromatic hydroxyl groups is 3. The van der Waals surface area contributed by atoms with Crippen molar-refractivity contribution in [3.05, 3.63) is 501 Å². The molecule has 123 heavy (non-hydrogen) atoms. The summed E-state index contributed by atoms with van der Waals surface area (Å²) in [7, 11) is -5.98. The normalized spacial score (nSPS) is 10.5. The molecule has 14 nitrogen and oxygen atoms in total. The number of primary amides is 3. The van der Waals surface area contributed by atoms with E-state index in [2.05, 4.69) is 333 Å². The number of phenols is 3. The Kier molecular flexibility index (Phi) is 32.0. The van der Waals surface area contributed by atoms with Crippen LogP contribution in [0.3, 0.4) is 0 Å². The quantitative estimate of drug-likeness (QED) is 0.0423. The number of rotatable bonds is 17. The van der Waals surface area contributed by atoms with Crippen molar-refractivity contribution in [1.29, 1.82) is 0 Å². The number of para-hydroxylation sites is 5. The standard InChI is InChI=1S/2C24H19OP.C24H20P.C13H11NO2.3C7H7NO2/c2*25-20-16-18-24(19-17-20)26(21-10-4-1-5-11-21,22-12-6-2-7-13-22)23-14-8-3-9-15-23;1-5-13-21(14-6-1)25(22-15-7-2-8-16-22,23-17-9-3-10-18-23)24-19-11-4-12-20-24;15-12-9-5-4-8-11(12)13(16)14-10-6-2-1-3-7-10;3*8-7(10)5-3-1-2-4-6(5)9/h2*1-19H;1-20H;1-9,15H,(H,14,16);3*1-4,9H,(H2,8,10)/q;;+1;;;;/p-1. The molecule has 0 atom stereocenters. The number of nitrogens with one attached hydrogen (secondary N) is 1. The van der Waals surface area contributed by atoms with Gasteiger partial charge in [-0.3, -0.25) is 19.2 Å². The number of hydrogen-bond donors (Lipinski definition) is 7. The summed E-state index contributed by atoms with van der Waals surface area (Å²) in [5.41, 5.74) is 15.7. The number of nitrogens with two attached hydrogens (primary N) is 3. The van der Waals surface area contributed by atoms with Gasteiger partial charge in [0.1, 0.15) is 103 Å². The molecule has 0 aliphatic carbocycles. The summed E-state index contributed by atoms with van der Waals surface area (Å²) in [6, 6.07) is 157. The molecule has 10 N–H and O–H groups in total. The van der Waals surface area contributed by atoms with Crippen LogP contribution in [0.15, 0.2) is 479 Å². The van der Waals surface area contributed by atoms with Gasteiger partial charge in [-0.15, -0.1) is 0 Å². The molecule has 0 heterocycles. The Hall–Kier alpha value is -15.3. The first-order valence-electron chi connectivity index (χ1n) is 39.1. The van der Waals surface area contributed by atoms with Crippen molar-refractivity contribution in [3.63, 3.8) is 0 Å². The van der Waals surface area contributed by atoms with Crippen molar-refractivity contribution in [2.24, 2.45) is 17.2 Å². The van der Waals surface area contributed by atoms with E-state index in [0.29, 0.717) is 17.2 Å². The van der Waals surface area contributed by atoms with Crippen LogP contribution in [0.1, 0.15) is 41.4 Å². The number of phenolic OH excluding ortho intramolecular Hbond substituents is 2. The second kappa shape index (κ2) is 44.5. The topological polar surface area (TPSA) is 288 Å². The number of anilines is 1. The zero-order valence-corrected chi connectivity index (χ0v) is 69.6. The molecule has 0 radical (unpaired) electrons. The molecule has 0 fully saturated rings. The van der Waals surface area contributed by atoms with Crippen molar-refractivity contribution in [2.75, 3.05) is 5.32 Å². The minimum atomic E-state index is -2.04. The third-order valence-corrected chi connectivity index (χ3v) is 32.4. The minimum Gasteiger partial charge on any atom is -0.872 e. The molecule has 17 aromatic carbocycles. The SMILES string of the molecule is NC(=O)c1ccccc1O.NC(=O)c1ccccc1[O-].NC(=O)c1ccccc1[O-].O=C(Nc1ccccc1)c1ccccc1[O-].Oc1ccc([P+](c2ccccc2)(c2ccccc2)c2ccccc2)cc1.Oc1ccc([P+](c2ccccc2)(c2ccccc2)c2ccccc2)cc1.c1ccc([P+](c2ccccc2)(c2ccccc2)c2ccccc2)cc1. The van der Waals surface area contributed by atoms with Gasteiger partial charge in [0.05, 0.1) is 5.56 Å². The van der Waals surface area contributed by atoms with E-state index in [9.17, 15) is 44.7 Å². The van der Waals surface area contributed by atoms with E-state index in [1.165, 1.54) is 112 Å². The summed E-state index contributed by atoms with van der Waals surface area (Å²) in [6.07, 6.45) is 0. The Morgan fingerprint density at radius 2 is 0.374 bits per heavy atom. The molecule has 0 bridgehead atoms. The largest absolute Gasteiger partial charge is 0.872 e. The van der Waals surface area contributed by atoms with Crippen molar-refractivity contribution >= 4 is 115 Å². The van der Waals surface area contributed by atoms with Gasteiger partial charge < -0.3 is 53.2 Å². The second-order valence-electron chi connectivity index (χ2n) is 27.3. The predicted octanol–water partition coefficient (Wildman–Crippen LogP) is 14.6. The molecular formula is C106H89N4O10P3. The summed E-state index contributed by atoms with van der Waals surface area (Å²) in [5.74, 6) is -2.75. The Bertz CT molecular complexity index is 5480. The van der Waals surface area contributed by atoms with Crippen LogP contribution in [0, 0.1) is 0 Å². The highest BCUT2D eigenvalue weighted by atomic mass is 31.2. The highest BCUT2D eigenvalue weighted by molar-refractivity contribution is 8.02. The summed E-state index contributed by atoms with van der Waals surface area (Å²) in [4.78, 5) is 43.1. The lowest BCUT2D eigenvalue weighted by Gasteiger charge is -2.27. The molecule has 0 spiro atoms. The average molecular weight is 1670 g/mol. The lowest BCUT2D eigenvalue weighted by Crippen LogP contribution is -2.38. The van der Waals surface area contributed by atoms with Crippen LogP contribution < -0.4 is 101 Å². The van der Waals surface area contributed by atoms with Crippen molar-refractivity contribution in [2.45, 2.75) is 0 Å². The van der Waals surface area contributed by atoms with Crippen LogP contribution in [-0.4, -0.2) is 38.9 Å². The molecule has 0 unspecified atom stereocenters. The lowest BCUT2D eigenvalue weighted by atomic mass is 10.2. The third kappa shape index (κ3) is 22.4. The number of carbonyl (C=O) groups is 4. The lowest BCUT2D eigenvalue weighted by molar-refractivity contribution is -0.269. The maximum Gasteiger partial charge on any atom is 0.255 e. The molecule has 17 heteroatoms. The van der Waals surface area contributed by atoms with Gasteiger partial charge in [-0.1, -0.05) is 302 Å². The molecule has 0 aliphatic rings. The van der Waals surface area contributed by atoms with Gasteiger partial charge in [0.15, 0.2) is 0 Å². The number of amides is 4. The average Bonchev–Trinajstić information content (AvgIpc) is 0.749. The van der Waals surface area contributed by atoms with E-state index in [1.807, 2.05) is 18.2 Å². The van der Waals surface area contributed by atoms with Gasteiger partial charge >= 0.3 is 0 Å². The van der Waals surface area contributed by atoms with Gasteiger partial charge in [0, 0.05) is 22.4 Å². The van der Waals surface area contributed by atoms with Crippen LogP contribution >= 0.6 is 21.8 Å². The number of benzene rings is 17. The predicted molar refractivity (Wildman–Crippen MR) is 503 cm³/mol. The van der Waals surface area contributed by atoms with E-state index in [-0.39, 0.29) is 51.2 Å². The fraction of sp³-hybridized carbons (Fsp3) is 0. The van der Waals surface area contributed by atoms with Crippen molar-refractivity contribution in [1.82, 2.24) is 0 Å². The molecular weight excluding hydrogens is 1580 g/mol. The number of hydrogen-bond acceptors (Lipinski definition) is 10. The molecule has 4 amide bonds. The summed E-state index contributed by atoms with van der Waals surface area (Å²) < 4.78 is 0. The number of carbonyl (C=O) groups excluding carboxylic acids is 4. The van der Waals surface area contributed by atoms with Crippen LogP contribution in [0.5, 0.6) is 34.5 Å². The molecule has 17 aromatic rings. The van der Waals surface area contributed by atoms with E-state index in [4.69, 9.17) is 22.3 Å². The zero-order chi connectivity index (χ0) is 86.7. The summed E-state index contributed by atoms with van der Waals surface area (Å²) in [6.45, 7) is 0. The monoisotopic (exact) mass is 1670 g/mol. The first kappa shape index (κ1) is 88.5. The van der Waals surface area contributed by atoms with Gasteiger partial charge in [0.2, 0.25) is 11.8 Å². The molecule has 608 valence electrons. The van der Waals surface area contributed by atoms with Crippen LogP contribution in [0.25, 0.3) is 0 Å². The van der Waals surface area contributed by atoms with Gasteiger partial charge in [0.25, 0.3) is 11.8 Å². The van der Waals surface area contributed by atoms with Gasteiger partial charge in [-0.05, 0) is 194 Å². The first-order chi connectivity index (χ1) is 60.0. The fourth-order valence-corrected chi connectivity index (χ4v) is 26.7. The third-order valence-electron chi connectivity index (χ3n) is 19.5.